The average Bonchev–Trinajstić information content (AvgIpc) is 1.39. The summed E-state index contributed by atoms with van der Waals surface area (Å²) in [7, 11) is -9.91. The van der Waals surface area contributed by atoms with Gasteiger partial charge in [0.05, 0.1) is 26.4 Å². The SMILES string of the molecule is CCCCCCCCCCCCCCC(=O)O[C@H](COC(=O)CCCCCCCCCCC)COP(=O)(O)OC[C@H](O)COP(=O)(O)OC[C@@H](COC(=O)CCCCCCCCCCCCCCCCC(C)C)OC(=O)CCCCCCCCCCCCCCCCC(C)C. The van der Waals surface area contributed by atoms with Gasteiger partial charge in [-0.3, -0.25) is 37.3 Å². The van der Waals surface area contributed by atoms with Crippen molar-refractivity contribution < 1.29 is 80.2 Å². The zero-order valence-electron chi connectivity index (χ0n) is 62.0. The summed E-state index contributed by atoms with van der Waals surface area (Å²) in [4.78, 5) is 72.8. The molecular weight excluding hydrogens is 1250 g/mol. The van der Waals surface area contributed by atoms with E-state index in [0.29, 0.717) is 25.7 Å². The van der Waals surface area contributed by atoms with Crippen molar-refractivity contribution in [2.75, 3.05) is 39.6 Å². The molecule has 19 heteroatoms. The molecule has 0 aliphatic heterocycles. The molecule has 0 aliphatic rings. The number of ether oxygens (including phenoxy) is 4. The van der Waals surface area contributed by atoms with Crippen LogP contribution in [0.3, 0.4) is 0 Å². The van der Waals surface area contributed by atoms with Crippen molar-refractivity contribution in [1.29, 1.82) is 0 Å². The molecule has 0 amide bonds. The number of unbranched alkanes of at least 4 members (excludes halogenated alkanes) is 45. The molecule has 0 rings (SSSR count). The van der Waals surface area contributed by atoms with Gasteiger partial charge in [-0.05, 0) is 37.5 Å². The van der Waals surface area contributed by atoms with Gasteiger partial charge in [-0.2, -0.15) is 0 Å². The zero-order chi connectivity index (χ0) is 70.0. The number of esters is 4. The number of aliphatic hydroxyl groups is 1. The minimum absolute atomic E-state index is 0.107. The number of carbonyl (C=O) groups excluding carboxylic acids is 4. The fourth-order valence-corrected chi connectivity index (χ4v) is 13.2. The van der Waals surface area contributed by atoms with Crippen molar-refractivity contribution in [3.63, 3.8) is 0 Å². The third kappa shape index (κ3) is 70.3. The van der Waals surface area contributed by atoms with Gasteiger partial charge in [-0.1, -0.05) is 343 Å². The number of hydrogen-bond acceptors (Lipinski definition) is 15. The predicted molar refractivity (Wildman–Crippen MR) is 386 cm³/mol. The number of phosphoric acid groups is 2. The average molecular weight is 1400 g/mol. The first kappa shape index (κ1) is 93.1. The molecule has 0 bridgehead atoms. The Kier molecular flexibility index (Phi) is 66.5. The smallest absolute Gasteiger partial charge is 0.462 e. The number of phosphoric ester groups is 2. The molecule has 0 heterocycles. The van der Waals surface area contributed by atoms with Gasteiger partial charge in [0.15, 0.2) is 12.2 Å². The molecule has 564 valence electrons. The van der Waals surface area contributed by atoms with Crippen LogP contribution < -0.4 is 0 Å². The van der Waals surface area contributed by atoms with E-state index < -0.39 is 97.5 Å². The minimum Gasteiger partial charge on any atom is -0.462 e. The lowest BCUT2D eigenvalue weighted by molar-refractivity contribution is -0.161. The summed E-state index contributed by atoms with van der Waals surface area (Å²) in [6.45, 7) is 9.63. The first-order valence-corrected chi connectivity index (χ1v) is 42.5. The molecule has 0 saturated heterocycles. The fraction of sp³-hybridized carbons (Fsp3) is 0.947. The van der Waals surface area contributed by atoms with Crippen molar-refractivity contribution in [3.05, 3.63) is 0 Å². The van der Waals surface area contributed by atoms with Gasteiger partial charge in [-0.25, -0.2) is 9.13 Å². The molecule has 0 spiro atoms. The third-order valence-electron chi connectivity index (χ3n) is 17.7. The van der Waals surface area contributed by atoms with Crippen LogP contribution in [-0.4, -0.2) is 96.7 Å². The predicted octanol–water partition coefficient (Wildman–Crippen LogP) is 22.3. The summed E-state index contributed by atoms with van der Waals surface area (Å²) < 4.78 is 68.5. The number of rotatable bonds is 75. The van der Waals surface area contributed by atoms with E-state index in [0.717, 1.165) is 102 Å². The molecule has 0 saturated carbocycles. The highest BCUT2D eigenvalue weighted by atomic mass is 31.2. The first-order chi connectivity index (χ1) is 45.9. The first-order valence-electron chi connectivity index (χ1n) is 39.5. The lowest BCUT2D eigenvalue weighted by Crippen LogP contribution is -2.30. The monoisotopic (exact) mass is 1400 g/mol. The largest absolute Gasteiger partial charge is 0.472 e. The topological polar surface area (TPSA) is 237 Å². The highest BCUT2D eigenvalue weighted by molar-refractivity contribution is 7.47. The molecule has 0 aromatic rings. The van der Waals surface area contributed by atoms with Gasteiger partial charge in [0.2, 0.25) is 0 Å². The number of carbonyl (C=O) groups is 4. The van der Waals surface area contributed by atoms with Gasteiger partial charge in [0, 0.05) is 25.7 Å². The Balaban J connectivity index is 5.22. The third-order valence-corrected chi connectivity index (χ3v) is 19.6. The highest BCUT2D eigenvalue weighted by Crippen LogP contribution is 2.45. The molecule has 0 aromatic heterocycles. The minimum atomic E-state index is -4.96. The standard InChI is InChI=1S/C76H148O17P2/c1-7-9-11-13-15-17-18-29-36-42-48-54-60-75(80)92-71(64-86-73(78)58-52-46-40-32-16-14-12-10-8-2)66-90-94(82,83)88-62-70(77)63-89-95(84,85)91-67-72(93-76(81)61-55-49-43-37-31-26-22-20-24-28-34-39-45-51-57-69(5)6)65-87-74(79)59-53-47-41-35-30-25-21-19-23-27-33-38-44-50-56-68(3)4/h68-72,77H,7-67H2,1-6H3,(H,82,83)(H,84,85)/t70-,71+,72+/m0/s1. The Hall–Kier alpha value is -1.94. The highest BCUT2D eigenvalue weighted by Gasteiger charge is 2.30. The molecule has 0 fully saturated rings. The second-order valence-corrected chi connectivity index (χ2v) is 31.3. The van der Waals surface area contributed by atoms with Crippen molar-refractivity contribution >= 4 is 39.5 Å². The van der Waals surface area contributed by atoms with Crippen LogP contribution in [0.4, 0.5) is 0 Å². The molecular formula is C76H148O17P2. The van der Waals surface area contributed by atoms with Crippen LogP contribution in [0.1, 0.15) is 395 Å². The van der Waals surface area contributed by atoms with E-state index in [-0.39, 0.29) is 25.7 Å². The van der Waals surface area contributed by atoms with E-state index in [9.17, 15) is 43.2 Å². The molecule has 3 N–H and O–H groups in total. The Morgan fingerprint density at radius 1 is 0.284 bits per heavy atom. The van der Waals surface area contributed by atoms with Crippen molar-refractivity contribution in [1.82, 2.24) is 0 Å². The van der Waals surface area contributed by atoms with Crippen LogP contribution in [-0.2, 0) is 65.4 Å². The Labute approximate surface area is 581 Å². The van der Waals surface area contributed by atoms with E-state index >= 15 is 0 Å². The summed E-state index contributed by atoms with van der Waals surface area (Å²) in [5, 5.41) is 10.6. The lowest BCUT2D eigenvalue weighted by Gasteiger charge is -2.21. The zero-order valence-corrected chi connectivity index (χ0v) is 63.8. The maximum atomic E-state index is 13.1. The van der Waals surface area contributed by atoms with Crippen molar-refractivity contribution in [2.24, 2.45) is 11.8 Å². The van der Waals surface area contributed by atoms with Crippen molar-refractivity contribution in [3.8, 4) is 0 Å². The van der Waals surface area contributed by atoms with Gasteiger partial charge in [-0.15, -0.1) is 0 Å². The van der Waals surface area contributed by atoms with Crippen LogP contribution in [0.15, 0.2) is 0 Å². The van der Waals surface area contributed by atoms with Gasteiger partial charge >= 0.3 is 39.5 Å². The lowest BCUT2D eigenvalue weighted by atomic mass is 10.0. The summed E-state index contributed by atoms with van der Waals surface area (Å²) >= 11 is 0. The maximum absolute atomic E-state index is 13.1. The Morgan fingerprint density at radius 3 is 0.716 bits per heavy atom. The van der Waals surface area contributed by atoms with Gasteiger partial charge in [0.1, 0.15) is 19.3 Å². The molecule has 95 heavy (non-hydrogen) atoms. The Morgan fingerprint density at radius 2 is 0.484 bits per heavy atom. The van der Waals surface area contributed by atoms with E-state index in [1.807, 2.05) is 0 Å². The second kappa shape index (κ2) is 67.9. The van der Waals surface area contributed by atoms with E-state index in [1.54, 1.807) is 0 Å². The van der Waals surface area contributed by atoms with Crippen LogP contribution >= 0.6 is 15.6 Å². The van der Waals surface area contributed by atoms with Crippen molar-refractivity contribution in [2.45, 2.75) is 413 Å². The number of hydrogen-bond donors (Lipinski definition) is 3. The normalized spacial score (nSPS) is 14.0. The van der Waals surface area contributed by atoms with E-state index in [2.05, 4.69) is 41.5 Å². The van der Waals surface area contributed by atoms with E-state index in [4.69, 9.17) is 37.0 Å². The molecule has 0 aromatic carbocycles. The van der Waals surface area contributed by atoms with Crippen LogP contribution in [0.25, 0.3) is 0 Å². The van der Waals surface area contributed by atoms with E-state index in [1.165, 1.54) is 212 Å². The summed E-state index contributed by atoms with van der Waals surface area (Å²) in [6.07, 6.45) is 55.4. The maximum Gasteiger partial charge on any atom is 0.472 e. The molecule has 0 radical (unpaired) electrons. The number of aliphatic hydroxyl groups excluding tert-OH is 1. The van der Waals surface area contributed by atoms with Crippen LogP contribution in [0.2, 0.25) is 0 Å². The fourth-order valence-electron chi connectivity index (χ4n) is 11.7. The molecule has 17 nitrogen and oxygen atoms in total. The summed E-state index contributed by atoms with van der Waals surface area (Å²) in [5.41, 5.74) is 0. The molecule has 2 unspecified atom stereocenters. The molecule has 5 atom stereocenters. The Bertz CT molecular complexity index is 1840. The molecule has 0 aliphatic carbocycles. The van der Waals surface area contributed by atoms with Gasteiger partial charge < -0.3 is 33.8 Å². The summed E-state index contributed by atoms with van der Waals surface area (Å²) in [6, 6.07) is 0. The quantitative estimate of drug-likeness (QED) is 0.0222. The van der Waals surface area contributed by atoms with Crippen LogP contribution in [0.5, 0.6) is 0 Å². The summed E-state index contributed by atoms with van der Waals surface area (Å²) in [5.74, 6) is -0.521. The van der Waals surface area contributed by atoms with Crippen LogP contribution in [0, 0.1) is 11.8 Å². The second-order valence-electron chi connectivity index (χ2n) is 28.3. The van der Waals surface area contributed by atoms with Gasteiger partial charge in [0.25, 0.3) is 0 Å².